The molecular formula is C13H19N3O3. The van der Waals surface area contributed by atoms with Crippen molar-refractivity contribution in [2.24, 2.45) is 0 Å². The molecule has 0 amide bonds. The Balaban J connectivity index is 2.01. The third-order valence-corrected chi connectivity index (χ3v) is 3.21. The summed E-state index contributed by atoms with van der Waals surface area (Å²) >= 11 is 0. The number of hydrogen-bond donors (Lipinski definition) is 0. The van der Waals surface area contributed by atoms with E-state index in [0.29, 0.717) is 18.7 Å². The topological polar surface area (TPSA) is 74.1 Å². The molecule has 0 saturated carbocycles. The Morgan fingerprint density at radius 2 is 2.16 bits per heavy atom. The monoisotopic (exact) mass is 265 g/mol. The standard InChI is InChI=1S/C13H19N3O3/c1-2-3-8-19-12(18)9-16-10-6-4-5-7-11(17)13(10)14-15-16/h2-9H2,1H3. The number of fused-ring (bicyclic) bond motifs is 1. The van der Waals surface area contributed by atoms with Crippen LogP contribution < -0.4 is 0 Å². The van der Waals surface area contributed by atoms with Crippen molar-refractivity contribution in [2.45, 2.75) is 52.0 Å². The van der Waals surface area contributed by atoms with E-state index in [0.717, 1.165) is 37.8 Å². The highest BCUT2D eigenvalue weighted by atomic mass is 16.5. The molecule has 0 aliphatic heterocycles. The zero-order valence-electron chi connectivity index (χ0n) is 11.2. The van der Waals surface area contributed by atoms with Crippen LogP contribution >= 0.6 is 0 Å². The lowest BCUT2D eigenvalue weighted by Crippen LogP contribution is -2.17. The molecule has 1 aromatic heterocycles. The number of rotatable bonds is 5. The largest absolute Gasteiger partial charge is 0.464 e. The summed E-state index contributed by atoms with van der Waals surface area (Å²) in [7, 11) is 0. The van der Waals surface area contributed by atoms with E-state index in [9.17, 15) is 9.59 Å². The number of Topliss-reactive ketones (excluding diaryl/α,β-unsaturated/α-hetero) is 1. The molecule has 19 heavy (non-hydrogen) atoms. The van der Waals surface area contributed by atoms with Gasteiger partial charge in [0.15, 0.2) is 11.5 Å². The van der Waals surface area contributed by atoms with E-state index in [1.165, 1.54) is 4.68 Å². The van der Waals surface area contributed by atoms with Crippen molar-refractivity contribution in [3.8, 4) is 0 Å². The lowest BCUT2D eigenvalue weighted by atomic mass is 10.2. The summed E-state index contributed by atoms with van der Waals surface area (Å²) in [6, 6.07) is 0. The van der Waals surface area contributed by atoms with Crippen molar-refractivity contribution >= 4 is 11.8 Å². The van der Waals surface area contributed by atoms with Crippen molar-refractivity contribution in [1.82, 2.24) is 15.0 Å². The van der Waals surface area contributed by atoms with Gasteiger partial charge in [0, 0.05) is 6.42 Å². The van der Waals surface area contributed by atoms with E-state index in [-0.39, 0.29) is 18.3 Å². The smallest absolute Gasteiger partial charge is 0.327 e. The van der Waals surface area contributed by atoms with Crippen LogP contribution in [0.1, 0.15) is 55.2 Å². The minimum Gasteiger partial charge on any atom is -0.464 e. The summed E-state index contributed by atoms with van der Waals surface area (Å²) in [4.78, 5) is 23.4. The van der Waals surface area contributed by atoms with Crippen LogP contribution in [0.5, 0.6) is 0 Å². The molecule has 0 unspecified atom stereocenters. The molecule has 1 heterocycles. The van der Waals surface area contributed by atoms with Crippen LogP contribution in [0.3, 0.4) is 0 Å². The molecule has 0 bridgehead atoms. The van der Waals surface area contributed by atoms with Gasteiger partial charge in [-0.3, -0.25) is 9.59 Å². The van der Waals surface area contributed by atoms with Gasteiger partial charge in [0.25, 0.3) is 0 Å². The second-order valence-corrected chi connectivity index (χ2v) is 4.75. The fraction of sp³-hybridized carbons (Fsp3) is 0.692. The molecule has 0 N–H and O–H groups in total. The fourth-order valence-corrected chi connectivity index (χ4v) is 2.12. The van der Waals surface area contributed by atoms with Gasteiger partial charge < -0.3 is 4.74 Å². The molecule has 0 radical (unpaired) electrons. The van der Waals surface area contributed by atoms with Gasteiger partial charge in [-0.2, -0.15) is 0 Å². The Morgan fingerprint density at radius 1 is 1.37 bits per heavy atom. The SMILES string of the molecule is CCCCOC(=O)Cn1nnc2c1CCCCC2=O. The number of carbonyl (C=O) groups is 2. The Hall–Kier alpha value is -1.72. The summed E-state index contributed by atoms with van der Waals surface area (Å²) in [6.07, 6.45) is 4.91. The summed E-state index contributed by atoms with van der Waals surface area (Å²) in [6.45, 7) is 2.52. The molecule has 0 fully saturated rings. The summed E-state index contributed by atoms with van der Waals surface area (Å²) < 4.78 is 6.60. The van der Waals surface area contributed by atoms with Gasteiger partial charge in [-0.15, -0.1) is 5.10 Å². The van der Waals surface area contributed by atoms with Gasteiger partial charge in [-0.1, -0.05) is 18.6 Å². The number of ketones is 1. The number of carbonyl (C=O) groups excluding carboxylic acids is 2. The van der Waals surface area contributed by atoms with E-state index >= 15 is 0 Å². The molecule has 104 valence electrons. The predicted octanol–water partition coefficient (Wildman–Crippen LogP) is 1.53. The lowest BCUT2D eigenvalue weighted by molar-refractivity contribution is -0.144. The first-order valence-corrected chi connectivity index (χ1v) is 6.83. The van der Waals surface area contributed by atoms with Gasteiger partial charge in [0.05, 0.1) is 12.3 Å². The molecule has 6 heteroatoms. The third-order valence-electron chi connectivity index (χ3n) is 3.21. The second-order valence-electron chi connectivity index (χ2n) is 4.75. The average Bonchev–Trinajstić information content (AvgIpc) is 2.68. The number of esters is 1. The van der Waals surface area contributed by atoms with Crippen LogP contribution in [-0.2, 0) is 22.5 Å². The summed E-state index contributed by atoms with van der Waals surface area (Å²) in [5, 5.41) is 7.81. The van der Waals surface area contributed by atoms with Gasteiger partial charge in [0.2, 0.25) is 0 Å². The van der Waals surface area contributed by atoms with Gasteiger partial charge in [-0.25, -0.2) is 4.68 Å². The number of ether oxygens (including phenoxy) is 1. The van der Waals surface area contributed by atoms with Crippen LogP contribution in [0, 0.1) is 0 Å². The molecule has 0 aromatic carbocycles. The number of aromatic nitrogens is 3. The van der Waals surface area contributed by atoms with Crippen molar-refractivity contribution in [3.63, 3.8) is 0 Å². The molecular weight excluding hydrogens is 246 g/mol. The number of hydrogen-bond acceptors (Lipinski definition) is 5. The van der Waals surface area contributed by atoms with Crippen molar-refractivity contribution < 1.29 is 14.3 Å². The quantitative estimate of drug-likeness (QED) is 0.458. The van der Waals surface area contributed by atoms with E-state index in [1.807, 2.05) is 6.92 Å². The minimum absolute atomic E-state index is 0.0260. The zero-order valence-corrected chi connectivity index (χ0v) is 11.2. The molecule has 0 atom stereocenters. The maximum atomic E-state index is 11.8. The number of nitrogens with zero attached hydrogens (tertiary/aromatic N) is 3. The first kappa shape index (κ1) is 13.7. The van der Waals surface area contributed by atoms with Gasteiger partial charge in [-0.05, 0) is 25.7 Å². The van der Waals surface area contributed by atoms with Crippen LogP contribution in [-0.4, -0.2) is 33.4 Å². The number of unbranched alkanes of at least 4 members (excludes halogenated alkanes) is 1. The normalized spacial score (nSPS) is 14.9. The van der Waals surface area contributed by atoms with E-state index < -0.39 is 0 Å². The first-order chi connectivity index (χ1) is 9.22. The molecule has 2 rings (SSSR count). The zero-order chi connectivity index (χ0) is 13.7. The Morgan fingerprint density at radius 3 is 2.95 bits per heavy atom. The lowest BCUT2D eigenvalue weighted by Gasteiger charge is -2.06. The molecule has 6 nitrogen and oxygen atoms in total. The van der Waals surface area contributed by atoms with Gasteiger partial charge >= 0.3 is 5.97 Å². The minimum atomic E-state index is -0.321. The highest BCUT2D eigenvalue weighted by Gasteiger charge is 2.23. The maximum Gasteiger partial charge on any atom is 0.327 e. The van der Waals surface area contributed by atoms with E-state index in [1.54, 1.807) is 0 Å². The van der Waals surface area contributed by atoms with Crippen LogP contribution in [0.15, 0.2) is 0 Å². The third kappa shape index (κ3) is 3.39. The second kappa shape index (κ2) is 6.45. The molecule has 0 spiro atoms. The molecule has 1 aliphatic rings. The van der Waals surface area contributed by atoms with Gasteiger partial charge in [0.1, 0.15) is 6.54 Å². The Bertz CT molecular complexity index is 468. The Kier molecular flexibility index (Phi) is 4.65. The first-order valence-electron chi connectivity index (χ1n) is 6.83. The molecule has 0 saturated heterocycles. The summed E-state index contributed by atoms with van der Waals surface area (Å²) in [5.41, 5.74) is 1.20. The van der Waals surface area contributed by atoms with E-state index in [2.05, 4.69) is 10.3 Å². The predicted molar refractivity (Wildman–Crippen MR) is 67.8 cm³/mol. The highest BCUT2D eigenvalue weighted by molar-refractivity contribution is 5.95. The highest BCUT2D eigenvalue weighted by Crippen LogP contribution is 2.18. The van der Waals surface area contributed by atoms with Crippen LogP contribution in [0.4, 0.5) is 0 Å². The fourth-order valence-electron chi connectivity index (χ4n) is 2.12. The van der Waals surface area contributed by atoms with Crippen molar-refractivity contribution in [1.29, 1.82) is 0 Å². The maximum absolute atomic E-state index is 11.8. The van der Waals surface area contributed by atoms with Crippen molar-refractivity contribution in [2.75, 3.05) is 6.61 Å². The molecule has 1 aromatic rings. The summed E-state index contributed by atoms with van der Waals surface area (Å²) in [5.74, 6) is -0.295. The van der Waals surface area contributed by atoms with E-state index in [4.69, 9.17) is 4.74 Å². The van der Waals surface area contributed by atoms with Crippen LogP contribution in [0.25, 0.3) is 0 Å². The Labute approximate surface area is 112 Å². The van der Waals surface area contributed by atoms with Crippen molar-refractivity contribution in [3.05, 3.63) is 11.4 Å². The molecule has 1 aliphatic carbocycles. The average molecular weight is 265 g/mol. The van der Waals surface area contributed by atoms with Crippen LogP contribution in [0.2, 0.25) is 0 Å².